The van der Waals surface area contributed by atoms with Crippen LogP contribution >= 0.6 is 0 Å². The van der Waals surface area contributed by atoms with Crippen LogP contribution < -0.4 is 0 Å². The number of benzene rings is 1. The van der Waals surface area contributed by atoms with E-state index in [1.54, 1.807) is 0 Å². The number of ether oxygens (including phenoxy) is 1. The topological polar surface area (TPSA) is 29.5 Å². The summed E-state index contributed by atoms with van der Waals surface area (Å²) in [4.78, 5) is 14.4. The van der Waals surface area contributed by atoms with Gasteiger partial charge in [0.15, 0.2) is 0 Å². The molecule has 20 heavy (non-hydrogen) atoms. The molecule has 1 aromatic carbocycles. The fraction of sp³-hybridized carbons (Fsp3) is 0.588. The second-order valence-electron chi connectivity index (χ2n) is 5.93. The molecule has 3 nitrogen and oxygen atoms in total. The lowest BCUT2D eigenvalue weighted by molar-refractivity contribution is -0.132. The maximum absolute atomic E-state index is 12.3. The van der Waals surface area contributed by atoms with Crippen LogP contribution in [0.15, 0.2) is 24.3 Å². The van der Waals surface area contributed by atoms with Gasteiger partial charge in [-0.25, -0.2) is 0 Å². The minimum atomic E-state index is 0.325. The predicted octanol–water partition coefficient (Wildman–Crippen LogP) is 2.78. The summed E-state index contributed by atoms with van der Waals surface area (Å²) in [7, 11) is 0. The summed E-state index contributed by atoms with van der Waals surface area (Å²) in [5, 5.41) is 0. The number of nitrogens with zero attached hydrogens (tertiary/aromatic N) is 1. The van der Waals surface area contributed by atoms with Crippen molar-refractivity contribution in [3.63, 3.8) is 0 Å². The molecule has 108 valence electrons. The molecule has 0 atom stereocenters. The summed E-state index contributed by atoms with van der Waals surface area (Å²) in [5.41, 5.74) is 2.72. The van der Waals surface area contributed by atoms with Crippen molar-refractivity contribution in [2.45, 2.75) is 38.6 Å². The highest BCUT2D eigenvalue weighted by Gasteiger charge is 2.21. The van der Waals surface area contributed by atoms with Gasteiger partial charge in [-0.2, -0.15) is 0 Å². The second-order valence-corrected chi connectivity index (χ2v) is 5.93. The number of carbonyl (C=O) groups excluding carboxylic acids is 1. The average Bonchev–Trinajstić information content (AvgIpc) is 2.53. The zero-order chi connectivity index (χ0) is 13.8. The van der Waals surface area contributed by atoms with E-state index in [9.17, 15) is 4.79 Å². The smallest absolute Gasteiger partial charge is 0.222 e. The summed E-state index contributed by atoms with van der Waals surface area (Å²) >= 11 is 0. The van der Waals surface area contributed by atoms with E-state index in [0.29, 0.717) is 18.2 Å². The van der Waals surface area contributed by atoms with Crippen LogP contribution in [0.3, 0.4) is 0 Å². The van der Waals surface area contributed by atoms with Gasteiger partial charge in [-0.1, -0.05) is 24.3 Å². The van der Waals surface area contributed by atoms with Crippen molar-refractivity contribution in [1.82, 2.24) is 4.90 Å². The Balaban J connectivity index is 1.51. The van der Waals surface area contributed by atoms with E-state index >= 15 is 0 Å². The van der Waals surface area contributed by atoms with E-state index < -0.39 is 0 Å². The Morgan fingerprint density at radius 2 is 1.95 bits per heavy atom. The summed E-state index contributed by atoms with van der Waals surface area (Å²) in [6.07, 6.45) is 4.97. The molecule has 2 aliphatic heterocycles. The monoisotopic (exact) mass is 273 g/mol. The van der Waals surface area contributed by atoms with Gasteiger partial charge < -0.3 is 9.64 Å². The highest BCUT2D eigenvalue weighted by molar-refractivity contribution is 5.76. The van der Waals surface area contributed by atoms with Crippen LogP contribution in [-0.4, -0.2) is 30.6 Å². The molecule has 0 radical (unpaired) electrons. The minimum absolute atomic E-state index is 0.325. The Morgan fingerprint density at radius 3 is 2.75 bits per heavy atom. The second kappa shape index (κ2) is 6.40. The van der Waals surface area contributed by atoms with Crippen molar-refractivity contribution in [2.75, 3.05) is 19.8 Å². The van der Waals surface area contributed by atoms with Crippen molar-refractivity contribution in [2.24, 2.45) is 5.92 Å². The molecule has 3 heteroatoms. The third kappa shape index (κ3) is 3.21. The van der Waals surface area contributed by atoms with E-state index in [2.05, 4.69) is 24.3 Å². The third-order valence-corrected chi connectivity index (χ3v) is 4.59. The third-order valence-electron chi connectivity index (χ3n) is 4.59. The van der Waals surface area contributed by atoms with Gasteiger partial charge in [-0.05, 0) is 42.7 Å². The largest absolute Gasteiger partial charge is 0.381 e. The van der Waals surface area contributed by atoms with Crippen LogP contribution in [-0.2, 0) is 22.5 Å². The van der Waals surface area contributed by atoms with Gasteiger partial charge in [0, 0.05) is 32.7 Å². The quantitative estimate of drug-likeness (QED) is 0.847. The molecule has 1 amide bonds. The molecule has 2 aliphatic rings. The van der Waals surface area contributed by atoms with Crippen LogP contribution in [0.25, 0.3) is 0 Å². The van der Waals surface area contributed by atoms with E-state index in [1.165, 1.54) is 11.1 Å². The molecule has 0 unspecified atom stereocenters. The van der Waals surface area contributed by atoms with Crippen LogP contribution in [0.5, 0.6) is 0 Å². The van der Waals surface area contributed by atoms with Gasteiger partial charge in [-0.3, -0.25) is 4.79 Å². The van der Waals surface area contributed by atoms with Gasteiger partial charge in [-0.15, -0.1) is 0 Å². The fourth-order valence-electron chi connectivity index (χ4n) is 3.23. The Morgan fingerprint density at radius 1 is 1.20 bits per heavy atom. The first-order valence-electron chi connectivity index (χ1n) is 7.75. The molecule has 1 fully saturated rings. The van der Waals surface area contributed by atoms with Crippen molar-refractivity contribution in [3.8, 4) is 0 Å². The standard InChI is InChI=1S/C17H23NO2/c19-17(6-5-14-8-11-20-12-9-14)18-10-7-15-3-1-2-4-16(15)13-18/h1-4,14H,5-13H2. The Hall–Kier alpha value is -1.35. The summed E-state index contributed by atoms with van der Waals surface area (Å²) < 4.78 is 5.37. The van der Waals surface area contributed by atoms with E-state index in [1.807, 2.05) is 4.90 Å². The molecule has 1 saturated heterocycles. The Labute approximate surface area is 120 Å². The highest BCUT2D eigenvalue weighted by atomic mass is 16.5. The van der Waals surface area contributed by atoms with Crippen LogP contribution in [0.4, 0.5) is 0 Å². The van der Waals surface area contributed by atoms with Crippen LogP contribution in [0, 0.1) is 5.92 Å². The van der Waals surface area contributed by atoms with E-state index in [-0.39, 0.29) is 0 Å². The van der Waals surface area contributed by atoms with Crippen LogP contribution in [0.1, 0.15) is 36.8 Å². The first-order valence-corrected chi connectivity index (χ1v) is 7.75. The summed E-state index contributed by atoms with van der Waals surface area (Å²) in [5.74, 6) is 1.01. The Bertz CT molecular complexity index is 466. The molecule has 0 spiro atoms. The van der Waals surface area contributed by atoms with Crippen LogP contribution in [0.2, 0.25) is 0 Å². The molecule has 2 heterocycles. The van der Waals surface area contributed by atoms with E-state index in [0.717, 1.165) is 52.0 Å². The first-order chi connectivity index (χ1) is 9.83. The highest BCUT2D eigenvalue weighted by Crippen LogP contribution is 2.23. The summed E-state index contributed by atoms with van der Waals surface area (Å²) in [6.45, 7) is 3.41. The number of hydrogen-bond acceptors (Lipinski definition) is 2. The molecule has 3 rings (SSSR count). The number of carbonyl (C=O) groups is 1. The SMILES string of the molecule is O=C(CCC1CCOCC1)N1CCc2ccccc2C1. The molecular weight excluding hydrogens is 250 g/mol. The number of hydrogen-bond donors (Lipinski definition) is 0. The molecule has 0 aliphatic carbocycles. The fourth-order valence-corrected chi connectivity index (χ4v) is 3.23. The number of amides is 1. The number of fused-ring (bicyclic) bond motifs is 1. The zero-order valence-electron chi connectivity index (χ0n) is 12.0. The predicted molar refractivity (Wildman–Crippen MR) is 78.3 cm³/mol. The van der Waals surface area contributed by atoms with Crippen molar-refractivity contribution in [3.05, 3.63) is 35.4 Å². The average molecular weight is 273 g/mol. The summed E-state index contributed by atoms with van der Waals surface area (Å²) in [6, 6.07) is 8.47. The lowest BCUT2D eigenvalue weighted by Crippen LogP contribution is -2.36. The first kappa shape index (κ1) is 13.6. The molecular formula is C17H23NO2. The molecule has 0 saturated carbocycles. The molecule has 0 N–H and O–H groups in total. The zero-order valence-corrected chi connectivity index (χ0v) is 12.0. The normalized spacial score (nSPS) is 19.7. The lowest BCUT2D eigenvalue weighted by atomic mass is 9.94. The Kier molecular flexibility index (Phi) is 4.36. The van der Waals surface area contributed by atoms with Gasteiger partial charge in [0.2, 0.25) is 5.91 Å². The molecule has 1 aromatic rings. The maximum atomic E-state index is 12.3. The van der Waals surface area contributed by atoms with Crippen molar-refractivity contribution >= 4 is 5.91 Å². The van der Waals surface area contributed by atoms with Gasteiger partial charge in [0.05, 0.1) is 0 Å². The number of rotatable bonds is 3. The molecule has 0 bridgehead atoms. The maximum Gasteiger partial charge on any atom is 0.222 e. The van der Waals surface area contributed by atoms with Crippen molar-refractivity contribution < 1.29 is 9.53 Å². The van der Waals surface area contributed by atoms with E-state index in [4.69, 9.17) is 4.74 Å². The molecule has 0 aromatic heterocycles. The lowest BCUT2D eigenvalue weighted by Gasteiger charge is -2.30. The van der Waals surface area contributed by atoms with Gasteiger partial charge in [0.1, 0.15) is 0 Å². The van der Waals surface area contributed by atoms with Gasteiger partial charge >= 0.3 is 0 Å². The van der Waals surface area contributed by atoms with Crippen molar-refractivity contribution in [1.29, 1.82) is 0 Å². The van der Waals surface area contributed by atoms with Gasteiger partial charge in [0.25, 0.3) is 0 Å². The minimum Gasteiger partial charge on any atom is -0.381 e.